The van der Waals surface area contributed by atoms with Crippen LogP contribution in [0.25, 0.3) is 16.9 Å². The minimum Gasteiger partial charge on any atom is -0.322 e. The number of hydrogen-bond acceptors (Lipinski definition) is 3. The first-order valence-electron chi connectivity index (χ1n) is 7.81. The fourth-order valence-corrected chi connectivity index (χ4v) is 2.57. The standard InChI is InChI=1S/C19H15N5O/c25-19(14-5-7-17(8-6-14)24-12-2-10-21-24)22-16-4-1-3-15(13-16)18-9-11-20-23-18/h1-13H,(H,20,23)(H,22,25). The molecule has 122 valence electrons. The molecule has 4 aromatic rings. The van der Waals surface area contributed by atoms with Gasteiger partial charge in [0, 0.05) is 35.4 Å². The summed E-state index contributed by atoms with van der Waals surface area (Å²) < 4.78 is 1.75. The number of hydrogen-bond donors (Lipinski definition) is 2. The maximum atomic E-state index is 12.5. The second-order valence-corrected chi connectivity index (χ2v) is 5.50. The van der Waals surface area contributed by atoms with Crippen LogP contribution in [0.1, 0.15) is 10.4 Å². The molecule has 0 aliphatic heterocycles. The molecule has 0 unspecified atom stereocenters. The summed E-state index contributed by atoms with van der Waals surface area (Å²) in [7, 11) is 0. The van der Waals surface area contributed by atoms with Gasteiger partial charge in [0.15, 0.2) is 0 Å². The van der Waals surface area contributed by atoms with Gasteiger partial charge in [-0.2, -0.15) is 10.2 Å². The predicted molar refractivity (Wildman–Crippen MR) is 95.5 cm³/mol. The molecule has 4 rings (SSSR count). The van der Waals surface area contributed by atoms with Crippen LogP contribution in [0.5, 0.6) is 0 Å². The SMILES string of the molecule is O=C(Nc1cccc(-c2ccn[nH]2)c1)c1ccc(-n2cccn2)cc1. The smallest absolute Gasteiger partial charge is 0.255 e. The highest BCUT2D eigenvalue weighted by Gasteiger charge is 2.08. The molecule has 0 aliphatic carbocycles. The number of nitrogens with one attached hydrogen (secondary N) is 2. The van der Waals surface area contributed by atoms with Crippen LogP contribution in [0.2, 0.25) is 0 Å². The van der Waals surface area contributed by atoms with Crippen LogP contribution in [-0.4, -0.2) is 25.9 Å². The van der Waals surface area contributed by atoms with Crippen molar-refractivity contribution in [1.29, 1.82) is 0 Å². The zero-order valence-corrected chi connectivity index (χ0v) is 13.3. The van der Waals surface area contributed by atoms with Crippen molar-refractivity contribution in [3.63, 3.8) is 0 Å². The second-order valence-electron chi connectivity index (χ2n) is 5.50. The zero-order valence-electron chi connectivity index (χ0n) is 13.3. The van der Waals surface area contributed by atoms with Crippen LogP contribution in [0.15, 0.2) is 79.3 Å². The highest BCUT2D eigenvalue weighted by atomic mass is 16.1. The molecule has 0 radical (unpaired) electrons. The van der Waals surface area contributed by atoms with E-state index in [0.717, 1.165) is 22.6 Å². The molecule has 2 aromatic carbocycles. The Morgan fingerprint density at radius 2 is 1.88 bits per heavy atom. The lowest BCUT2D eigenvalue weighted by Crippen LogP contribution is -2.12. The first kappa shape index (κ1) is 14.9. The van der Waals surface area contributed by atoms with E-state index in [0.29, 0.717) is 5.56 Å². The molecule has 6 heteroatoms. The molecule has 0 bridgehead atoms. The number of anilines is 1. The number of carbonyl (C=O) groups is 1. The summed E-state index contributed by atoms with van der Waals surface area (Å²) in [4.78, 5) is 12.5. The summed E-state index contributed by atoms with van der Waals surface area (Å²) in [5.41, 5.74) is 4.09. The van der Waals surface area contributed by atoms with Crippen LogP contribution < -0.4 is 5.32 Å². The van der Waals surface area contributed by atoms with Crippen molar-refractivity contribution >= 4 is 11.6 Å². The van der Waals surface area contributed by atoms with Gasteiger partial charge in [-0.15, -0.1) is 0 Å². The Bertz CT molecular complexity index is 973. The molecule has 0 saturated heterocycles. The monoisotopic (exact) mass is 329 g/mol. The molecule has 0 aliphatic rings. The average Bonchev–Trinajstić information content (AvgIpc) is 3.36. The summed E-state index contributed by atoms with van der Waals surface area (Å²) in [6.07, 6.45) is 5.27. The van der Waals surface area contributed by atoms with Crippen molar-refractivity contribution < 1.29 is 4.79 Å². The molecule has 6 nitrogen and oxygen atoms in total. The van der Waals surface area contributed by atoms with Gasteiger partial charge >= 0.3 is 0 Å². The third-order valence-corrected chi connectivity index (χ3v) is 3.83. The minimum atomic E-state index is -0.159. The van der Waals surface area contributed by atoms with E-state index in [1.807, 2.05) is 54.7 Å². The van der Waals surface area contributed by atoms with Gasteiger partial charge in [-0.1, -0.05) is 12.1 Å². The summed E-state index contributed by atoms with van der Waals surface area (Å²) >= 11 is 0. The molecule has 1 amide bonds. The van der Waals surface area contributed by atoms with Gasteiger partial charge in [-0.25, -0.2) is 4.68 Å². The third kappa shape index (κ3) is 3.18. The summed E-state index contributed by atoms with van der Waals surface area (Å²) in [5, 5.41) is 14.0. The van der Waals surface area contributed by atoms with E-state index < -0.39 is 0 Å². The molecule has 0 fully saturated rings. The highest BCUT2D eigenvalue weighted by molar-refractivity contribution is 6.04. The fraction of sp³-hybridized carbons (Fsp3) is 0. The van der Waals surface area contributed by atoms with Gasteiger partial charge in [0.2, 0.25) is 0 Å². The van der Waals surface area contributed by atoms with E-state index in [-0.39, 0.29) is 5.91 Å². The maximum absolute atomic E-state index is 12.5. The number of rotatable bonds is 4. The van der Waals surface area contributed by atoms with Crippen LogP contribution in [-0.2, 0) is 0 Å². The van der Waals surface area contributed by atoms with Gasteiger partial charge in [0.25, 0.3) is 5.91 Å². The summed E-state index contributed by atoms with van der Waals surface area (Å²) in [5.74, 6) is -0.159. The lowest BCUT2D eigenvalue weighted by atomic mass is 10.1. The molecular weight excluding hydrogens is 314 g/mol. The van der Waals surface area contributed by atoms with E-state index in [1.165, 1.54) is 0 Å². The van der Waals surface area contributed by atoms with Crippen LogP contribution >= 0.6 is 0 Å². The molecule has 2 aromatic heterocycles. The highest BCUT2D eigenvalue weighted by Crippen LogP contribution is 2.21. The lowest BCUT2D eigenvalue weighted by molar-refractivity contribution is 0.102. The van der Waals surface area contributed by atoms with E-state index in [9.17, 15) is 4.79 Å². The van der Waals surface area contributed by atoms with E-state index in [4.69, 9.17) is 0 Å². The summed E-state index contributed by atoms with van der Waals surface area (Å²) in [6, 6.07) is 18.7. The Hall–Kier alpha value is -3.67. The molecule has 2 heterocycles. The molecule has 0 spiro atoms. The van der Waals surface area contributed by atoms with Crippen molar-refractivity contribution in [3.8, 4) is 16.9 Å². The van der Waals surface area contributed by atoms with Crippen molar-refractivity contribution in [2.45, 2.75) is 0 Å². The Kier molecular flexibility index (Phi) is 3.84. The maximum Gasteiger partial charge on any atom is 0.255 e. The zero-order chi connectivity index (χ0) is 17.1. The quantitative estimate of drug-likeness (QED) is 0.601. The van der Waals surface area contributed by atoms with Crippen molar-refractivity contribution in [1.82, 2.24) is 20.0 Å². The van der Waals surface area contributed by atoms with Crippen molar-refractivity contribution in [3.05, 3.63) is 84.8 Å². The minimum absolute atomic E-state index is 0.159. The van der Waals surface area contributed by atoms with Crippen molar-refractivity contribution in [2.75, 3.05) is 5.32 Å². The molecular formula is C19H15N5O. The first-order chi connectivity index (χ1) is 12.3. The summed E-state index contributed by atoms with van der Waals surface area (Å²) in [6.45, 7) is 0. The predicted octanol–water partition coefficient (Wildman–Crippen LogP) is 3.51. The van der Waals surface area contributed by atoms with Crippen molar-refractivity contribution in [2.24, 2.45) is 0 Å². The topological polar surface area (TPSA) is 75.6 Å². The number of nitrogens with zero attached hydrogens (tertiary/aromatic N) is 3. The number of carbonyl (C=O) groups excluding carboxylic acids is 1. The largest absolute Gasteiger partial charge is 0.322 e. The number of aromatic nitrogens is 4. The first-order valence-corrected chi connectivity index (χ1v) is 7.81. The Balaban J connectivity index is 1.51. The van der Waals surface area contributed by atoms with Crippen LogP contribution in [0.3, 0.4) is 0 Å². The van der Waals surface area contributed by atoms with E-state index in [2.05, 4.69) is 20.6 Å². The van der Waals surface area contributed by atoms with Gasteiger partial charge in [0.1, 0.15) is 0 Å². The van der Waals surface area contributed by atoms with E-state index in [1.54, 1.807) is 29.2 Å². The number of amides is 1. The lowest BCUT2D eigenvalue weighted by Gasteiger charge is -2.08. The van der Waals surface area contributed by atoms with Gasteiger partial charge in [-0.3, -0.25) is 9.89 Å². The number of aromatic amines is 1. The van der Waals surface area contributed by atoms with E-state index >= 15 is 0 Å². The third-order valence-electron chi connectivity index (χ3n) is 3.83. The van der Waals surface area contributed by atoms with Gasteiger partial charge in [0.05, 0.1) is 11.4 Å². The normalized spacial score (nSPS) is 10.6. The Labute approximate surface area is 144 Å². The molecule has 25 heavy (non-hydrogen) atoms. The van der Waals surface area contributed by atoms with Crippen LogP contribution in [0.4, 0.5) is 5.69 Å². The number of H-pyrrole nitrogens is 1. The molecule has 2 N–H and O–H groups in total. The number of benzene rings is 2. The Morgan fingerprint density at radius 1 is 1.00 bits per heavy atom. The average molecular weight is 329 g/mol. The van der Waals surface area contributed by atoms with Gasteiger partial charge < -0.3 is 5.32 Å². The van der Waals surface area contributed by atoms with Gasteiger partial charge in [-0.05, 0) is 48.5 Å². The molecule has 0 atom stereocenters. The molecule has 0 saturated carbocycles. The Morgan fingerprint density at radius 3 is 2.60 bits per heavy atom. The second kappa shape index (κ2) is 6.45. The van der Waals surface area contributed by atoms with Crippen LogP contribution in [0, 0.1) is 0 Å². The fourth-order valence-electron chi connectivity index (χ4n) is 2.57.